The van der Waals surface area contributed by atoms with Gasteiger partial charge < -0.3 is 10.2 Å². The molecule has 2 atom stereocenters. The Morgan fingerprint density at radius 2 is 1.76 bits per heavy atom. The van der Waals surface area contributed by atoms with Crippen LogP contribution >= 0.6 is 0 Å². The molecule has 216 valence electrons. The quantitative estimate of drug-likeness (QED) is 0.456. The number of benzene rings is 2. The Bertz CT molecular complexity index is 1700. The number of anilines is 1. The molecule has 1 aliphatic heterocycles. The molecule has 2 aromatic carbocycles. The first kappa shape index (κ1) is 28.0. The van der Waals surface area contributed by atoms with E-state index in [1.165, 1.54) is 0 Å². The van der Waals surface area contributed by atoms with E-state index in [0.29, 0.717) is 37.2 Å². The minimum Gasteiger partial charge on any atom is -0.369 e. The predicted molar refractivity (Wildman–Crippen MR) is 160 cm³/mol. The van der Waals surface area contributed by atoms with Gasteiger partial charge in [0, 0.05) is 42.4 Å². The van der Waals surface area contributed by atoms with Crippen molar-refractivity contribution < 1.29 is 13.2 Å². The van der Waals surface area contributed by atoms with Crippen LogP contribution in [0.1, 0.15) is 61.3 Å². The van der Waals surface area contributed by atoms with Crippen molar-refractivity contribution in [1.82, 2.24) is 15.1 Å². The molecule has 3 aliphatic rings. The average Bonchev–Trinajstić information content (AvgIpc) is 3.64. The number of carbonyl (C=O) groups excluding carboxylic acids is 1. The summed E-state index contributed by atoms with van der Waals surface area (Å²) in [5, 5.41) is 27.5. The SMILES string of the molecule is Cc1ccc(-n2cc(-c3ccc(N4CCS(=O)(=O)CC4)cc3)c(C3CCCCC3C(=O)NC3(C#N)CC3)n2)c(C#N)c1. The first-order chi connectivity index (χ1) is 20.2. The summed E-state index contributed by atoms with van der Waals surface area (Å²) < 4.78 is 25.6. The van der Waals surface area contributed by atoms with Gasteiger partial charge in [0.15, 0.2) is 9.84 Å². The lowest BCUT2D eigenvalue weighted by Gasteiger charge is -2.31. The van der Waals surface area contributed by atoms with Crippen molar-refractivity contribution in [3.63, 3.8) is 0 Å². The van der Waals surface area contributed by atoms with Crippen LogP contribution in [0.5, 0.6) is 0 Å². The van der Waals surface area contributed by atoms with Gasteiger partial charge in [-0.05, 0) is 68.0 Å². The molecule has 2 unspecified atom stereocenters. The Morgan fingerprint density at radius 3 is 2.43 bits per heavy atom. The summed E-state index contributed by atoms with van der Waals surface area (Å²) in [5.41, 5.74) is 5.09. The van der Waals surface area contributed by atoms with Gasteiger partial charge in [0.2, 0.25) is 5.91 Å². The maximum Gasteiger partial charge on any atom is 0.225 e. The van der Waals surface area contributed by atoms with Crippen LogP contribution in [-0.2, 0) is 14.6 Å². The number of amides is 1. The van der Waals surface area contributed by atoms with Crippen LogP contribution in [-0.4, -0.2) is 54.2 Å². The molecule has 1 amide bonds. The summed E-state index contributed by atoms with van der Waals surface area (Å²) in [5.74, 6) is -0.201. The number of hydrogen-bond acceptors (Lipinski definition) is 7. The molecule has 1 saturated heterocycles. The summed E-state index contributed by atoms with van der Waals surface area (Å²) in [6.45, 7) is 2.89. The standard InChI is InChI=1S/C32H34N6O3S/c1-22-6-11-29(24(18-22)19-33)38-20-28(23-7-9-25(10-8-23)37-14-16-42(40,41)17-15-37)30(36-38)26-4-2-3-5-27(26)31(39)35-32(21-34)12-13-32/h6-11,18,20,26-27H,2-5,12-17H2,1H3,(H,35,39). The maximum absolute atomic E-state index is 13.5. The van der Waals surface area contributed by atoms with E-state index in [2.05, 4.69) is 22.4 Å². The lowest BCUT2D eigenvalue weighted by molar-refractivity contribution is -0.127. The molecule has 1 N–H and O–H groups in total. The molecule has 9 nitrogen and oxygen atoms in total. The molecule has 2 saturated carbocycles. The number of rotatable bonds is 6. The maximum atomic E-state index is 13.5. The van der Waals surface area contributed by atoms with Crippen molar-refractivity contribution in [2.24, 2.45) is 5.92 Å². The van der Waals surface area contributed by atoms with E-state index in [1.54, 1.807) is 4.68 Å². The summed E-state index contributed by atoms with van der Waals surface area (Å²) in [6.07, 6.45) is 6.79. The molecular weight excluding hydrogens is 548 g/mol. The zero-order valence-corrected chi connectivity index (χ0v) is 24.5. The Morgan fingerprint density at radius 1 is 1.05 bits per heavy atom. The minimum atomic E-state index is -2.97. The molecule has 3 aromatic rings. The van der Waals surface area contributed by atoms with Gasteiger partial charge in [-0.15, -0.1) is 0 Å². The average molecular weight is 583 g/mol. The molecule has 3 fully saturated rings. The largest absolute Gasteiger partial charge is 0.369 e. The number of hydrogen-bond donors (Lipinski definition) is 1. The third-order valence-electron chi connectivity index (χ3n) is 8.93. The van der Waals surface area contributed by atoms with Gasteiger partial charge in [-0.25, -0.2) is 13.1 Å². The second-order valence-corrected chi connectivity index (χ2v) is 14.2. The van der Waals surface area contributed by atoms with E-state index < -0.39 is 15.4 Å². The Kier molecular flexibility index (Phi) is 7.28. The number of aromatic nitrogens is 2. The van der Waals surface area contributed by atoms with E-state index in [1.807, 2.05) is 55.6 Å². The van der Waals surface area contributed by atoms with Gasteiger partial charge in [-0.3, -0.25) is 4.79 Å². The molecule has 0 radical (unpaired) electrons. The van der Waals surface area contributed by atoms with Crippen molar-refractivity contribution in [1.29, 1.82) is 10.5 Å². The normalized spacial score (nSPS) is 22.5. The van der Waals surface area contributed by atoms with Gasteiger partial charge in [-0.1, -0.05) is 31.0 Å². The van der Waals surface area contributed by atoms with Crippen LogP contribution in [0.2, 0.25) is 0 Å². The minimum absolute atomic E-state index is 0.0808. The second-order valence-electron chi connectivity index (χ2n) is 11.9. The van der Waals surface area contributed by atoms with Crippen LogP contribution in [0.3, 0.4) is 0 Å². The molecular formula is C32H34N6O3S. The summed E-state index contributed by atoms with van der Waals surface area (Å²) in [7, 11) is -2.97. The van der Waals surface area contributed by atoms with Gasteiger partial charge in [0.1, 0.15) is 11.6 Å². The number of aryl methyl sites for hydroxylation is 1. The number of sulfone groups is 1. The van der Waals surface area contributed by atoms with Gasteiger partial charge in [-0.2, -0.15) is 15.6 Å². The zero-order valence-electron chi connectivity index (χ0n) is 23.7. The van der Waals surface area contributed by atoms with E-state index in [4.69, 9.17) is 5.10 Å². The number of nitrogens with one attached hydrogen (secondary N) is 1. The fourth-order valence-corrected chi connectivity index (χ4v) is 7.46. The molecule has 2 aliphatic carbocycles. The molecule has 0 bridgehead atoms. The number of carbonyl (C=O) groups is 1. The predicted octanol–water partition coefficient (Wildman–Crippen LogP) is 4.40. The number of nitrogens with zero attached hydrogens (tertiary/aromatic N) is 5. The van der Waals surface area contributed by atoms with Gasteiger partial charge in [0.25, 0.3) is 0 Å². The lowest BCUT2D eigenvalue weighted by atomic mass is 9.75. The summed E-state index contributed by atoms with van der Waals surface area (Å²) in [6, 6.07) is 18.3. The second kappa shape index (κ2) is 10.9. The highest BCUT2D eigenvalue weighted by Crippen LogP contribution is 2.43. The molecule has 0 spiro atoms. The molecule has 42 heavy (non-hydrogen) atoms. The highest BCUT2D eigenvalue weighted by Gasteiger charge is 2.47. The van der Waals surface area contributed by atoms with Gasteiger partial charge in [0.05, 0.1) is 34.5 Å². The molecule has 1 aromatic heterocycles. The third-order valence-corrected chi connectivity index (χ3v) is 10.5. The van der Waals surface area contributed by atoms with Crippen molar-refractivity contribution in [2.45, 2.75) is 56.9 Å². The molecule has 10 heteroatoms. The van der Waals surface area contributed by atoms with Crippen molar-refractivity contribution in [2.75, 3.05) is 29.5 Å². The first-order valence-electron chi connectivity index (χ1n) is 14.6. The van der Waals surface area contributed by atoms with Crippen LogP contribution in [0, 0.1) is 35.5 Å². The zero-order chi connectivity index (χ0) is 29.5. The first-order valence-corrected chi connectivity index (χ1v) is 16.4. The van der Waals surface area contributed by atoms with Crippen LogP contribution < -0.4 is 10.2 Å². The van der Waals surface area contributed by atoms with E-state index in [9.17, 15) is 23.7 Å². The number of nitriles is 2. The fourth-order valence-electron chi connectivity index (χ4n) is 6.26. The summed E-state index contributed by atoms with van der Waals surface area (Å²) in [4.78, 5) is 15.6. The van der Waals surface area contributed by atoms with Gasteiger partial charge >= 0.3 is 0 Å². The van der Waals surface area contributed by atoms with Crippen molar-refractivity contribution >= 4 is 21.4 Å². The topological polar surface area (TPSA) is 132 Å². The smallest absolute Gasteiger partial charge is 0.225 e. The van der Waals surface area contributed by atoms with E-state index in [-0.39, 0.29) is 29.2 Å². The monoisotopic (exact) mass is 582 g/mol. The highest BCUT2D eigenvalue weighted by molar-refractivity contribution is 7.91. The van der Waals surface area contributed by atoms with Crippen molar-refractivity contribution in [3.05, 3.63) is 65.5 Å². The van der Waals surface area contributed by atoms with Crippen LogP contribution in [0.4, 0.5) is 5.69 Å². The lowest BCUT2D eigenvalue weighted by Crippen LogP contribution is -2.42. The molecule has 2 heterocycles. The van der Waals surface area contributed by atoms with Crippen molar-refractivity contribution in [3.8, 4) is 29.0 Å². The Labute approximate surface area is 246 Å². The van der Waals surface area contributed by atoms with E-state index >= 15 is 0 Å². The highest BCUT2D eigenvalue weighted by atomic mass is 32.2. The van der Waals surface area contributed by atoms with E-state index in [0.717, 1.165) is 53.8 Å². The summed E-state index contributed by atoms with van der Waals surface area (Å²) >= 11 is 0. The Hall–Kier alpha value is -4.15. The molecule has 6 rings (SSSR count). The fraction of sp³-hybridized carbons (Fsp3) is 0.438. The third kappa shape index (κ3) is 5.52. The van der Waals surface area contributed by atoms with Crippen LogP contribution in [0.15, 0.2) is 48.7 Å². The van der Waals surface area contributed by atoms with Crippen LogP contribution in [0.25, 0.3) is 16.8 Å². The Balaban J connectivity index is 1.38.